The quantitative estimate of drug-likeness (QED) is 0.574. The number of carbonyl (C=O) groups is 4. The number of benzene rings is 2. The fourth-order valence-corrected chi connectivity index (χ4v) is 4.61. The number of ether oxygens (including phenoxy) is 2. The molecule has 2 aromatic rings. The van der Waals surface area contributed by atoms with Crippen LogP contribution in [-0.4, -0.2) is 85.3 Å². The SMILES string of the molecule is COc1ccc(C(=O)N2CCCN(C(=O)c3ccc4c(c3)C(=O)N(CC(C)C)C4=O)CC2)cc1OC. The molecule has 4 rings (SSSR count). The number of methoxy groups -OCH3 is 2. The van der Waals surface area contributed by atoms with Gasteiger partial charge < -0.3 is 19.3 Å². The van der Waals surface area contributed by atoms with E-state index < -0.39 is 0 Å². The van der Waals surface area contributed by atoms with Gasteiger partial charge in [-0.15, -0.1) is 0 Å². The van der Waals surface area contributed by atoms with Gasteiger partial charge in [0.1, 0.15) is 0 Å². The highest BCUT2D eigenvalue weighted by Crippen LogP contribution is 2.29. The van der Waals surface area contributed by atoms with E-state index in [-0.39, 0.29) is 35.1 Å². The maximum atomic E-state index is 13.3. The molecule has 0 atom stereocenters. The van der Waals surface area contributed by atoms with Gasteiger partial charge in [0.2, 0.25) is 0 Å². The van der Waals surface area contributed by atoms with Gasteiger partial charge in [0, 0.05) is 43.9 Å². The summed E-state index contributed by atoms with van der Waals surface area (Å²) >= 11 is 0. The molecule has 0 unspecified atom stereocenters. The van der Waals surface area contributed by atoms with Crippen molar-refractivity contribution in [1.82, 2.24) is 14.7 Å². The summed E-state index contributed by atoms with van der Waals surface area (Å²) < 4.78 is 10.6. The highest BCUT2D eigenvalue weighted by Gasteiger charge is 2.36. The van der Waals surface area contributed by atoms with Crippen LogP contribution < -0.4 is 9.47 Å². The van der Waals surface area contributed by atoms with Crippen molar-refractivity contribution < 1.29 is 28.7 Å². The normalized spacial score (nSPS) is 15.8. The van der Waals surface area contributed by atoms with E-state index in [0.717, 1.165) is 0 Å². The highest BCUT2D eigenvalue weighted by atomic mass is 16.5. The molecule has 9 heteroatoms. The highest BCUT2D eigenvalue weighted by molar-refractivity contribution is 6.22. The molecule has 0 spiro atoms. The van der Waals surface area contributed by atoms with E-state index in [1.165, 1.54) is 25.2 Å². The van der Waals surface area contributed by atoms with Crippen LogP contribution >= 0.6 is 0 Å². The molecular weight excluding hydrogens is 462 g/mol. The van der Waals surface area contributed by atoms with Gasteiger partial charge in [-0.3, -0.25) is 24.1 Å². The summed E-state index contributed by atoms with van der Waals surface area (Å²) in [5.74, 6) is 0.130. The van der Waals surface area contributed by atoms with E-state index in [2.05, 4.69) is 0 Å². The monoisotopic (exact) mass is 493 g/mol. The van der Waals surface area contributed by atoms with Crippen molar-refractivity contribution in [3.8, 4) is 11.5 Å². The lowest BCUT2D eigenvalue weighted by Crippen LogP contribution is -2.37. The van der Waals surface area contributed by atoms with Crippen molar-refractivity contribution in [3.63, 3.8) is 0 Å². The standard InChI is InChI=1S/C27H31N3O6/c1-17(2)16-30-26(33)20-8-6-18(14-21(20)27(30)34)24(31)28-10-5-11-29(13-12-28)25(32)19-7-9-22(35-3)23(15-19)36-4/h6-9,14-15,17H,5,10-13,16H2,1-4H3. The van der Waals surface area contributed by atoms with E-state index in [0.29, 0.717) is 67.3 Å². The van der Waals surface area contributed by atoms with Gasteiger partial charge in [0.15, 0.2) is 11.5 Å². The number of hydrogen-bond donors (Lipinski definition) is 0. The molecule has 1 saturated heterocycles. The van der Waals surface area contributed by atoms with Crippen LogP contribution in [0, 0.1) is 5.92 Å². The second-order valence-electron chi connectivity index (χ2n) is 9.38. The Morgan fingerprint density at radius 1 is 0.778 bits per heavy atom. The Morgan fingerprint density at radius 3 is 1.92 bits per heavy atom. The fraction of sp³-hybridized carbons (Fsp3) is 0.407. The Labute approximate surface area is 210 Å². The topological polar surface area (TPSA) is 96.5 Å². The van der Waals surface area contributed by atoms with Crippen LogP contribution in [-0.2, 0) is 0 Å². The molecule has 2 aromatic carbocycles. The van der Waals surface area contributed by atoms with Gasteiger partial charge in [0.25, 0.3) is 23.6 Å². The first-order valence-corrected chi connectivity index (χ1v) is 12.1. The first kappa shape index (κ1) is 25.2. The van der Waals surface area contributed by atoms with Crippen LogP contribution in [0.5, 0.6) is 11.5 Å². The molecule has 2 aliphatic heterocycles. The largest absolute Gasteiger partial charge is 0.493 e. The number of rotatable bonds is 6. The summed E-state index contributed by atoms with van der Waals surface area (Å²) in [4.78, 5) is 56.5. The summed E-state index contributed by atoms with van der Waals surface area (Å²) in [6, 6.07) is 9.73. The van der Waals surface area contributed by atoms with Crippen LogP contribution in [0.3, 0.4) is 0 Å². The summed E-state index contributed by atoms with van der Waals surface area (Å²) in [7, 11) is 3.06. The average Bonchev–Trinajstić information content (AvgIpc) is 3.05. The molecule has 0 bridgehead atoms. The number of fused-ring (bicyclic) bond motifs is 1. The van der Waals surface area contributed by atoms with Crippen LogP contribution in [0.4, 0.5) is 0 Å². The molecule has 1 fully saturated rings. The van der Waals surface area contributed by atoms with E-state index >= 15 is 0 Å². The lowest BCUT2D eigenvalue weighted by molar-refractivity contribution is 0.0635. The second kappa shape index (κ2) is 10.4. The van der Waals surface area contributed by atoms with Gasteiger partial charge in [-0.2, -0.15) is 0 Å². The number of nitrogens with zero attached hydrogens (tertiary/aromatic N) is 3. The predicted octanol–water partition coefficient (Wildman–Crippen LogP) is 2.94. The van der Waals surface area contributed by atoms with Crippen LogP contribution in [0.2, 0.25) is 0 Å². The lowest BCUT2D eigenvalue weighted by Gasteiger charge is -2.23. The molecular formula is C27H31N3O6. The zero-order chi connectivity index (χ0) is 26.0. The molecule has 2 aliphatic rings. The average molecular weight is 494 g/mol. The van der Waals surface area contributed by atoms with Crippen molar-refractivity contribution in [2.75, 3.05) is 46.9 Å². The number of hydrogen-bond acceptors (Lipinski definition) is 6. The van der Waals surface area contributed by atoms with Gasteiger partial charge in [-0.25, -0.2) is 0 Å². The van der Waals surface area contributed by atoms with Crippen molar-refractivity contribution in [2.24, 2.45) is 5.92 Å². The van der Waals surface area contributed by atoms with Gasteiger partial charge in [0.05, 0.1) is 25.3 Å². The lowest BCUT2D eigenvalue weighted by atomic mass is 10.0. The van der Waals surface area contributed by atoms with Crippen molar-refractivity contribution in [3.05, 3.63) is 58.7 Å². The summed E-state index contributed by atoms with van der Waals surface area (Å²) in [5.41, 5.74) is 1.45. The van der Waals surface area contributed by atoms with Crippen LogP contribution in [0.1, 0.15) is 61.7 Å². The minimum atomic E-state index is -0.360. The number of amides is 4. The molecule has 0 radical (unpaired) electrons. The zero-order valence-corrected chi connectivity index (χ0v) is 21.1. The Kier molecular flexibility index (Phi) is 7.28. The van der Waals surface area contributed by atoms with Crippen molar-refractivity contribution >= 4 is 23.6 Å². The minimum absolute atomic E-state index is 0.142. The third-order valence-electron chi connectivity index (χ3n) is 6.47. The van der Waals surface area contributed by atoms with Crippen LogP contribution in [0.15, 0.2) is 36.4 Å². The molecule has 0 N–H and O–H groups in total. The Morgan fingerprint density at radius 2 is 1.33 bits per heavy atom. The minimum Gasteiger partial charge on any atom is -0.493 e. The number of carbonyl (C=O) groups excluding carboxylic acids is 4. The maximum absolute atomic E-state index is 13.3. The van der Waals surface area contributed by atoms with Crippen molar-refractivity contribution in [1.29, 1.82) is 0 Å². The van der Waals surface area contributed by atoms with Gasteiger partial charge >= 0.3 is 0 Å². The van der Waals surface area contributed by atoms with E-state index in [1.807, 2.05) is 13.8 Å². The summed E-state index contributed by atoms with van der Waals surface area (Å²) in [6.07, 6.45) is 0.620. The van der Waals surface area contributed by atoms with E-state index in [4.69, 9.17) is 9.47 Å². The number of imide groups is 1. The second-order valence-corrected chi connectivity index (χ2v) is 9.38. The molecule has 0 aliphatic carbocycles. The third kappa shape index (κ3) is 4.78. The third-order valence-corrected chi connectivity index (χ3v) is 6.47. The van der Waals surface area contributed by atoms with E-state index in [1.54, 1.807) is 40.1 Å². The fourth-order valence-electron chi connectivity index (χ4n) is 4.61. The first-order chi connectivity index (χ1) is 17.2. The molecule has 2 heterocycles. The zero-order valence-electron chi connectivity index (χ0n) is 21.1. The Balaban J connectivity index is 1.46. The van der Waals surface area contributed by atoms with Gasteiger partial charge in [-0.05, 0) is 48.7 Å². The Bertz CT molecular complexity index is 1210. The Hall–Kier alpha value is -3.88. The smallest absolute Gasteiger partial charge is 0.261 e. The summed E-state index contributed by atoms with van der Waals surface area (Å²) in [6.45, 7) is 5.96. The molecule has 4 amide bonds. The molecule has 9 nitrogen and oxygen atoms in total. The molecule has 36 heavy (non-hydrogen) atoms. The summed E-state index contributed by atoms with van der Waals surface area (Å²) in [5, 5.41) is 0. The molecule has 0 aromatic heterocycles. The predicted molar refractivity (Wildman–Crippen MR) is 133 cm³/mol. The maximum Gasteiger partial charge on any atom is 0.261 e. The first-order valence-electron chi connectivity index (χ1n) is 12.1. The van der Waals surface area contributed by atoms with E-state index in [9.17, 15) is 19.2 Å². The van der Waals surface area contributed by atoms with Gasteiger partial charge in [-0.1, -0.05) is 13.8 Å². The molecule has 190 valence electrons. The van der Waals surface area contributed by atoms with Crippen LogP contribution in [0.25, 0.3) is 0 Å². The molecule has 0 saturated carbocycles. The van der Waals surface area contributed by atoms with Crippen molar-refractivity contribution in [2.45, 2.75) is 20.3 Å².